The molecule has 1 aromatic rings. The van der Waals surface area contributed by atoms with Gasteiger partial charge < -0.3 is 4.90 Å². The third kappa shape index (κ3) is 1.23. The largest absolute Gasteiger partial charge is 0.309 e. The average Bonchev–Trinajstić information content (AvgIpc) is 2.20. The number of carbonyl (C=O) groups excluding carboxylic acids is 1. The lowest BCUT2D eigenvalue weighted by atomic mass is 9.98. The molecule has 0 fully saturated rings. The minimum absolute atomic E-state index is 0.0613. The van der Waals surface area contributed by atoms with Crippen molar-refractivity contribution in [2.75, 3.05) is 11.4 Å². The van der Waals surface area contributed by atoms with Crippen LogP contribution < -0.4 is 4.90 Å². The Morgan fingerprint density at radius 2 is 2.14 bits per heavy atom. The first-order valence-corrected chi connectivity index (χ1v) is 4.81. The van der Waals surface area contributed by atoms with Gasteiger partial charge in [0, 0.05) is 24.2 Å². The van der Waals surface area contributed by atoms with Crippen LogP contribution in [0.3, 0.4) is 0 Å². The first-order valence-electron chi connectivity index (χ1n) is 4.81. The maximum absolute atomic E-state index is 11.7. The van der Waals surface area contributed by atoms with Crippen molar-refractivity contribution in [3.05, 3.63) is 42.0 Å². The molecule has 1 aliphatic rings. The smallest absolute Gasteiger partial charge is 0.253 e. The van der Waals surface area contributed by atoms with Gasteiger partial charge in [0.05, 0.1) is 0 Å². The molecule has 0 aliphatic carbocycles. The zero-order valence-electron chi connectivity index (χ0n) is 8.29. The molecule has 0 unspecified atom stereocenters. The third-order valence-corrected chi connectivity index (χ3v) is 2.55. The molecular formula is C12H13NO. The van der Waals surface area contributed by atoms with E-state index >= 15 is 0 Å². The molecule has 1 aliphatic heterocycles. The molecule has 0 N–H and O–H groups in total. The molecule has 0 saturated heterocycles. The summed E-state index contributed by atoms with van der Waals surface area (Å²) in [5.74, 6) is 0.0613. The zero-order chi connectivity index (χ0) is 10.1. The van der Waals surface area contributed by atoms with Crippen LogP contribution in [-0.2, 0) is 11.2 Å². The predicted octanol–water partition coefficient (Wildman–Crippen LogP) is 2.15. The predicted molar refractivity (Wildman–Crippen MR) is 57.3 cm³/mol. The van der Waals surface area contributed by atoms with Crippen LogP contribution in [0.2, 0.25) is 0 Å². The van der Waals surface area contributed by atoms with E-state index in [-0.39, 0.29) is 5.91 Å². The summed E-state index contributed by atoms with van der Waals surface area (Å²) in [5, 5.41) is 0. The summed E-state index contributed by atoms with van der Waals surface area (Å²) >= 11 is 0. The number of nitrogens with zero attached hydrogens (tertiary/aromatic N) is 1. The van der Waals surface area contributed by atoms with E-state index in [1.54, 1.807) is 4.90 Å². The van der Waals surface area contributed by atoms with Crippen LogP contribution in [0.15, 0.2) is 36.4 Å². The second-order valence-corrected chi connectivity index (χ2v) is 3.46. The Bertz CT molecular complexity index is 395. The Hall–Kier alpha value is -1.57. The van der Waals surface area contributed by atoms with Crippen molar-refractivity contribution in [3.8, 4) is 0 Å². The summed E-state index contributed by atoms with van der Waals surface area (Å²) in [7, 11) is 0. The normalized spacial score (nSPS) is 15.6. The van der Waals surface area contributed by atoms with Crippen LogP contribution in [0.4, 0.5) is 5.69 Å². The Morgan fingerprint density at radius 1 is 1.43 bits per heavy atom. The van der Waals surface area contributed by atoms with Crippen molar-refractivity contribution in [1.29, 1.82) is 0 Å². The Morgan fingerprint density at radius 3 is 2.86 bits per heavy atom. The fraction of sp³-hybridized carbons (Fsp3) is 0.250. The number of hydrogen-bond acceptors (Lipinski definition) is 1. The van der Waals surface area contributed by atoms with Gasteiger partial charge in [0.15, 0.2) is 0 Å². The molecule has 72 valence electrons. The molecule has 14 heavy (non-hydrogen) atoms. The van der Waals surface area contributed by atoms with Gasteiger partial charge in [-0.1, -0.05) is 24.8 Å². The van der Waals surface area contributed by atoms with Gasteiger partial charge in [-0.05, 0) is 18.6 Å². The van der Waals surface area contributed by atoms with Crippen LogP contribution in [0.25, 0.3) is 0 Å². The first kappa shape index (κ1) is 9.00. The lowest BCUT2D eigenvalue weighted by Crippen LogP contribution is -2.36. The number of benzene rings is 1. The molecule has 0 atom stereocenters. The van der Waals surface area contributed by atoms with Crippen molar-refractivity contribution in [3.63, 3.8) is 0 Å². The minimum atomic E-state index is 0.0613. The maximum Gasteiger partial charge on any atom is 0.253 e. The van der Waals surface area contributed by atoms with Crippen LogP contribution in [0.1, 0.15) is 12.5 Å². The van der Waals surface area contributed by atoms with Crippen molar-refractivity contribution in [2.45, 2.75) is 13.3 Å². The Balaban J connectivity index is 2.52. The molecule has 1 aromatic carbocycles. The van der Waals surface area contributed by atoms with E-state index in [0.29, 0.717) is 18.5 Å². The Kier molecular flexibility index (Phi) is 2.12. The molecule has 1 amide bonds. The fourth-order valence-electron chi connectivity index (χ4n) is 1.84. The van der Waals surface area contributed by atoms with Gasteiger partial charge in [-0.25, -0.2) is 0 Å². The lowest BCUT2D eigenvalue weighted by Gasteiger charge is -2.29. The van der Waals surface area contributed by atoms with Gasteiger partial charge in [0.2, 0.25) is 0 Å². The second-order valence-electron chi connectivity index (χ2n) is 3.46. The number of fused-ring (bicyclic) bond motifs is 1. The summed E-state index contributed by atoms with van der Waals surface area (Å²) < 4.78 is 0. The SMILES string of the molecule is C=C1Cc2ccccc2N(CC)C1=O. The summed E-state index contributed by atoms with van der Waals surface area (Å²) in [6.45, 7) is 6.48. The lowest BCUT2D eigenvalue weighted by molar-refractivity contribution is -0.115. The zero-order valence-corrected chi connectivity index (χ0v) is 8.29. The third-order valence-electron chi connectivity index (χ3n) is 2.55. The average molecular weight is 187 g/mol. The number of hydrogen-bond donors (Lipinski definition) is 0. The highest BCUT2D eigenvalue weighted by Gasteiger charge is 2.24. The van der Waals surface area contributed by atoms with E-state index < -0.39 is 0 Å². The standard InChI is InChI=1S/C12H13NO/c1-3-13-11-7-5-4-6-10(11)8-9(2)12(13)14/h4-7H,2-3,8H2,1H3. The van der Waals surface area contributed by atoms with Crippen molar-refractivity contribution in [1.82, 2.24) is 0 Å². The van der Waals surface area contributed by atoms with E-state index in [0.717, 1.165) is 5.69 Å². The molecule has 2 heteroatoms. The fourth-order valence-corrected chi connectivity index (χ4v) is 1.84. The van der Waals surface area contributed by atoms with Gasteiger partial charge in [-0.2, -0.15) is 0 Å². The van der Waals surface area contributed by atoms with Crippen LogP contribution in [-0.4, -0.2) is 12.5 Å². The number of amides is 1. The highest BCUT2D eigenvalue weighted by Crippen LogP contribution is 2.28. The number of anilines is 1. The van der Waals surface area contributed by atoms with Gasteiger partial charge in [-0.3, -0.25) is 4.79 Å². The summed E-state index contributed by atoms with van der Waals surface area (Å²) in [5.41, 5.74) is 2.91. The van der Waals surface area contributed by atoms with Crippen LogP contribution in [0, 0.1) is 0 Å². The summed E-state index contributed by atoms with van der Waals surface area (Å²) in [6.07, 6.45) is 0.686. The molecular weight excluding hydrogens is 174 g/mol. The van der Waals surface area contributed by atoms with E-state index in [1.165, 1.54) is 5.56 Å². The van der Waals surface area contributed by atoms with E-state index in [2.05, 4.69) is 12.6 Å². The first-order chi connectivity index (χ1) is 6.74. The van der Waals surface area contributed by atoms with Gasteiger partial charge >= 0.3 is 0 Å². The van der Waals surface area contributed by atoms with Crippen molar-refractivity contribution in [2.24, 2.45) is 0 Å². The van der Waals surface area contributed by atoms with E-state index in [4.69, 9.17) is 0 Å². The van der Waals surface area contributed by atoms with Crippen LogP contribution >= 0.6 is 0 Å². The molecule has 0 bridgehead atoms. The molecule has 0 saturated carbocycles. The number of likely N-dealkylation sites (N-methyl/N-ethyl adjacent to an activating group) is 1. The van der Waals surface area contributed by atoms with Crippen LogP contribution in [0.5, 0.6) is 0 Å². The monoisotopic (exact) mass is 187 g/mol. The highest BCUT2D eigenvalue weighted by molar-refractivity contribution is 6.08. The van der Waals surface area contributed by atoms with E-state index in [1.807, 2.05) is 25.1 Å². The quantitative estimate of drug-likeness (QED) is 0.617. The van der Waals surface area contributed by atoms with Gasteiger partial charge in [0.1, 0.15) is 0 Å². The minimum Gasteiger partial charge on any atom is -0.309 e. The molecule has 0 aromatic heterocycles. The molecule has 2 nitrogen and oxygen atoms in total. The topological polar surface area (TPSA) is 20.3 Å². The molecule has 0 spiro atoms. The molecule has 1 heterocycles. The number of rotatable bonds is 1. The molecule has 0 radical (unpaired) electrons. The Labute approximate surface area is 83.8 Å². The highest BCUT2D eigenvalue weighted by atomic mass is 16.2. The molecule has 2 rings (SSSR count). The summed E-state index contributed by atoms with van der Waals surface area (Å²) in [6, 6.07) is 8.00. The maximum atomic E-state index is 11.7. The van der Waals surface area contributed by atoms with Crippen molar-refractivity contribution < 1.29 is 4.79 Å². The number of para-hydroxylation sites is 1. The van der Waals surface area contributed by atoms with Gasteiger partial charge in [0.25, 0.3) is 5.91 Å². The van der Waals surface area contributed by atoms with Crippen molar-refractivity contribution >= 4 is 11.6 Å². The van der Waals surface area contributed by atoms with Gasteiger partial charge in [-0.15, -0.1) is 0 Å². The second kappa shape index (κ2) is 3.29. The van der Waals surface area contributed by atoms with E-state index in [9.17, 15) is 4.79 Å². The number of carbonyl (C=O) groups is 1. The summed E-state index contributed by atoms with van der Waals surface area (Å²) in [4.78, 5) is 13.5.